The van der Waals surface area contributed by atoms with E-state index in [0.717, 1.165) is 18.6 Å². The summed E-state index contributed by atoms with van der Waals surface area (Å²) in [5.41, 5.74) is 7.62. The third-order valence-corrected chi connectivity index (χ3v) is 4.84. The number of hydrogen-bond donors (Lipinski definition) is 1. The van der Waals surface area contributed by atoms with E-state index in [1.807, 2.05) is 0 Å². The Hall–Kier alpha value is -0.380. The molecule has 0 aliphatic carbocycles. The maximum atomic E-state index is 6.14. The molecule has 2 aliphatic heterocycles. The molecule has 3 heteroatoms. The first kappa shape index (κ1) is 10.8. The lowest BCUT2D eigenvalue weighted by Crippen LogP contribution is -2.54. The zero-order chi connectivity index (χ0) is 11.0. The van der Waals surface area contributed by atoms with Gasteiger partial charge in [-0.1, -0.05) is 6.42 Å². The van der Waals surface area contributed by atoms with Crippen LogP contribution in [0, 0.1) is 0 Å². The normalized spacial score (nSPS) is 35.2. The standard InChI is InChI=1S/C13H20N2S/c14-11-6-12-2-1-3-13(7-11)15(12)8-10-4-5-16-9-10/h4-5,9,11-13H,1-3,6-8,14H2. The summed E-state index contributed by atoms with van der Waals surface area (Å²) < 4.78 is 0. The number of piperidine rings is 2. The van der Waals surface area contributed by atoms with Gasteiger partial charge in [-0.2, -0.15) is 11.3 Å². The van der Waals surface area contributed by atoms with E-state index in [9.17, 15) is 0 Å². The van der Waals surface area contributed by atoms with Gasteiger partial charge in [0.25, 0.3) is 0 Å². The average molecular weight is 236 g/mol. The van der Waals surface area contributed by atoms with Crippen LogP contribution in [0.15, 0.2) is 16.8 Å². The summed E-state index contributed by atoms with van der Waals surface area (Å²) in [5, 5.41) is 4.46. The molecule has 16 heavy (non-hydrogen) atoms. The smallest absolute Gasteiger partial charge is 0.0247 e. The van der Waals surface area contributed by atoms with Crippen molar-refractivity contribution in [3.8, 4) is 0 Å². The Bertz CT molecular complexity index is 322. The Morgan fingerprint density at radius 2 is 2.06 bits per heavy atom. The van der Waals surface area contributed by atoms with Gasteiger partial charge in [-0.25, -0.2) is 0 Å². The van der Waals surface area contributed by atoms with Crippen molar-refractivity contribution < 1.29 is 0 Å². The van der Waals surface area contributed by atoms with Crippen LogP contribution in [0.1, 0.15) is 37.7 Å². The first-order chi connectivity index (χ1) is 7.83. The van der Waals surface area contributed by atoms with Gasteiger partial charge in [0.15, 0.2) is 0 Å². The molecule has 2 bridgehead atoms. The number of thiophene rings is 1. The highest BCUT2D eigenvalue weighted by molar-refractivity contribution is 7.07. The molecular weight excluding hydrogens is 216 g/mol. The zero-order valence-corrected chi connectivity index (χ0v) is 10.5. The molecule has 0 saturated carbocycles. The summed E-state index contributed by atoms with van der Waals surface area (Å²) in [7, 11) is 0. The van der Waals surface area contributed by atoms with Crippen LogP contribution in [0.4, 0.5) is 0 Å². The molecule has 2 unspecified atom stereocenters. The molecule has 0 amide bonds. The molecule has 0 spiro atoms. The third-order valence-electron chi connectivity index (χ3n) is 4.11. The fourth-order valence-corrected chi connectivity index (χ4v) is 4.03. The van der Waals surface area contributed by atoms with Crippen LogP contribution in [-0.4, -0.2) is 23.0 Å². The van der Waals surface area contributed by atoms with E-state index in [1.165, 1.54) is 37.7 Å². The number of fused-ring (bicyclic) bond motifs is 2. The monoisotopic (exact) mass is 236 g/mol. The lowest BCUT2D eigenvalue weighted by atomic mass is 9.82. The topological polar surface area (TPSA) is 29.3 Å². The van der Waals surface area contributed by atoms with E-state index >= 15 is 0 Å². The van der Waals surface area contributed by atoms with Crippen LogP contribution in [0.3, 0.4) is 0 Å². The van der Waals surface area contributed by atoms with Crippen molar-refractivity contribution >= 4 is 11.3 Å². The number of nitrogens with two attached hydrogens (primary N) is 1. The van der Waals surface area contributed by atoms with Gasteiger partial charge in [0, 0.05) is 24.7 Å². The van der Waals surface area contributed by atoms with Crippen molar-refractivity contribution in [1.29, 1.82) is 0 Å². The summed E-state index contributed by atoms with van der Waals surface area (Å²) in [4.78, 5) is 2.72. The van der Waals surface area contributed by atoms with Crippen LogP contribution in [-0.2, 0) is 6.54 Å². The minimum Gasteiger partial charge on any atom is -0.328 e. The molecule has 2 fully saturated rings. The molecule has 2 N–H and O–H groups in total. The molecule has 0 aromatic carbocycles. The van der Waals surface area contributed by atoms with Crippen molar-refractivity contribution in [2.75, 3.05) is 0 Å². The predicted octanol–water partition coefficient (Wildman–Crippen LogP) is 2.59. The minimum atomic E-state index is 0.453. The molecule has 2 saturated heterocycles. The zero-order valence-electron chi connectivity index (χ0n) is 9.64. The highest BCUT2D eigenvalue weighted by Crippen LogP contribution is 2.34. The molecule has 2 aliphatic rings. The minimum absolute atomic E-state index is 0.453. The van der Waals surface area contributed by atoms with Crippen LogP contribution < -0.4 is 5.73 Å². The van der Waals surface area contributed by atoms with E-state index in [2.05, 4.69) is 21.7 Å². The molecule has 0 radical (unpaired) electrons. The first-order valence-electron chi connectivity index (χ1n) is 6.35. The average Bonchev–Trinajstić information content (AvgIpc) is 2.72. The van der Waals surface area contributed by atoms with E-state index in [1.54, 1.807) is 11.3 Å². The van der Waals surface area contributed by atoms with E-state index in [-0.39, 0.29) is 0 Å². The van der Waals surface area contributed by atoms with E-state index < -0.39 is 0 Å². The number of nitrogens with zero attached hydrogens (tertiary/aromatic N) is 1. The van der Waals surface area contributed by atoms with Crippen molar-refractivity contribution in [3.05, 3.63) is 22.4 Å². The van der Waals surface area contributed by atoms with Crippen molar-refractivity contribution in [3.63, 3.8) is 0 Å². The molecule has 2 nitrogen and oxygen atoms in total. The Labute approximate surface area is 101 Å². The Morgan fingerprint density at radius 3 is 2.69 bits per heavy atom. The van der Waals surface area contributed by atoms with E-state index in [4.69, 9.17) is 5.73 Å². The Morgan fingerprint density at radius 1 is 1.31 bits per heavy atom. The number of hydrogen-bond acceptors (Lipinski definition) is 3. The molecule has 88 valence electrons. The van der Waals surface area contributed by atoms with E-state index in [0.29, 0.717) is 6.04 Å². The molecule has 3 rings (SSSR count). The highest BCUT2D eigenvalue weighted by atomic mass is 32.1. The predicted molar refractivity (Wildman–Crippen MR) is 68.5 cm³/mol. The number of rotatable bonds is 2. The second-order valence-corrected chi connectivity index (χ2v) is 6.05. The first-order valence-corrected chi connectivity index (χ1v) is 7.29. The van der Waals surface area contributed by atoms with Gasteiger partial charge in [-0.15, -0.1) is 0 Å². The van der Waals surface area contributed by atoms with Crippen molar-refractivity contribution in [1.82, 2.24) is 4.90 Å². The summed E-state index contributed by atoms with van der Waals surface area (Å²) in [6.07, 6.45) is 6.53. The van der Waals surface area contributed by atoms with Gasteiger partial charge >= 0.3 is 0 Å². The maximum absolute atomic E-state index is 6.14. The molecule has 1 aromatic heterocycles. The molecule has 2 atom stereocenters. The fourth-order valence-electron chi connectivity index (χ4n) is 3.37. The lowest BCUT2D eigenvalue weighted by molar-refractivity contribution is 0.0246. The van der Waals surface area contributed by atoms with Gasteiger partial charge in [0.05, 0.1) is 0 Å². The molecule has 3 heterocycles. The summed E-state index contributed by atoms with van der Waals surface area (Å²) in [6, 6.07) is 4.22. The molecule has 1 aromatic rings. The van der Waals surface area contributed by atoms with Gasteiger partial charge in [-0.3, -0.25) is 4.90 Å². The largest absolute Gasteiger partial charge is 0.328 e. The highest BCUT2D eigenvalue weighted by Gasteiger charge is 2.36. The SMILES string of the molecule is NC1CC2CCCC(C1)N2Cc1ccsc1. The van der Waals surface area contributed by atoms with Gasteiger partial charge in [0.2, 0.25) is 0 Å². The van der Waals surface area contributed by atoms with Crippen LogP contribution in [0.25, 0.3) is 0 Å². The van der Waals surface area contributed by atoms with Gasteiger partial charge in [0.1, 0.15) is 0 Å². The Balaban J connectivity index is 1.74. The lowest BCUT2D eigenvalue weighted by Gasteiger charge is -2.48. The second kappa shape index (κ2) is 4.47. The third kappa shape index (κ3) is 2.04. The fraction of sp³-hybridized carbons (Fsp3) is 0.692. The quantitative estimate of drug-likeness (QED) is 0.855. The molecular formula is C13H20N2S. The van der Waals surface area contributed by atoms with Crippen LogP contribution >= 0.6 is 11.3 Å². The maximum Gasteiger partial charge on any atom is 0.0247 e. The Kier molecular flexibility index (Phi) is 3.01. The second-order valence-electron chi connectivity index (χ2n) is 5.27. The van der Waals surface area contributed by atoms with Crippen molar-refractivity contribution in [2.45, 2.75) is 56.8 Å². The summed E-state index contributed by atoms with van der Waals surface area (Å²) in [6.45, 7) is 1.14. The van der Waals surface area contributed by atoms with Gasteiger partial charge in [-0.05, 0) is 48.1 Å². The van der Waals surface area contributed by atoms with Crippen LogP contribution in [0.2, 0.25) is 0 Å². The summed E-state index contributed by atoms with van der Waals surface area (Å²) >= 11 is 1.81. The van der Waals surface area contributed by atoms with Crippen LogP contribution in [0.5, 0.6) is 0 Å². The summed E-state index contributed by atoms with van der Waals surface area (Å²) in [5.74, 6) is 0. The van der Waals surface area contributed by atoms with Crippen molar-refractivity contribution in [2.24, 2.45) is 5.73 Å². The van der Waals surface area contributed by atoms with Gasteiger partial charge < -0.3 is 5.73 Å².